The molecule has 0 amide bonds. The fourth-order valence-electron chi connectivity index (χ4n) is 9.06. The monoisotopic (exact) mass is 436 g/mol. The Morgan fingerprint density at radius 3 is 2.56 bits per heavy atom. The summed E-state index contributed by atoms with van der Waals surface area (Å²) in [5, 5.41) is 10.6. The Kier molecular flexibility index (Phi) is 4.84. The maximum Gasteiger partial charge on any atom is 0.306 e. The quantitative estimate of drug-likeness (QED) is 0.210. The van der Waals surface area contributed by atoms with Gasteiger partial charge in [0.15, 0.2) is 5.78 Å². The smallest absolute Gasteiger partial charge is 0.306 e. The van der Waals surface area contributed by atoms with Crippen LogP contribution in [0.25, 0.3) is 0 Å². The van der Waals surface area contributed by atoms with E-state index in [-0.39, 0.29) is 29.9 Å². The summed E-state index contributed by atoms with van der Waals surface area (Å²) in [4.78, 5) is 23.9. The predicted octanol–water partition coefficient (Wildman–Crippen LogP) is 4.64. The second-order valence-corrected chi connectivity index (χ2v) is 11.6. The summed E-state index contributed by atoms with van der Waals surface area (Å²) in [6.07, 6.45) is 15.0. The number of ether oxygens (including phenoxy) is 1. The number of ketones is 1. The molecule has 0 heterocycles. The summed E-state index contributed by atoms with van der Waals surface area (Å²) in [6, 6.07) is 0. The highest BCUT2D eigenvalue weighted by atomic mass is 16.5. The molecule has 7 rings (SSSR count). The van der Waals surface area contributed by atoms with Crippen LogP contribution < -0.4 is 0 Å². The van der Waals surface area contributed by atoms with E-state index in [1.807, 2.05) is 26.0 Å². The Hall–Kier alpha value is -1.68. The molecule has 1 N–H and O–H groups in total. The summed E-state index contributed by atoms with van der Waals surface area (Å²) >= 11 is 0. The lowest BCUT2D eigenvalue weighted by Gasteiger charge is -3.08. The summed E-state index contributed by atoms with van der Waals surface area (Å²) in [5.41, 5.74) is 1.51. The molecule has 6 fully saturated rings. The van der Waals surface area contributed by atoms with Crippen molar-refractivity contribution in [2.45, 2.75) is 71.0 Å². The molecule has 0 aromatic heterocycles. The van der Waals surface area contributed by atoms with Gasteiger partial charge in [0.1, 0.15) is 0 Å². The summed E-state index contributed by atoms with van der Waals surface area (Å²) in [7, 11) is 0. The second-order valence-electron chi connectivity index (χ2n) is 11.6. The van der Waals surface area contributed by atoms with Gasteiger partial charge in [-0.25, -0.2) is 0 Å². The van der Waals surface area contributed by atoms with Crippen LogP contribution in [0.2, 0.25) is 0 Å². The number of hydrogen-bond acceptors (Lipinski definition) is 4. The maximum absolute atomic E-state index is 12.3. The van der Waals surface area contributed by atoms with Crippen molar-refractivity contribution in [2.24, 2.45) is 52.8 Å². The lowest BCUT2D eigenvalue weighted by atomic mass is 8.96. The number of aliphatic hydroxyl groups excluding tert-OH is 1. The van der Waals surface area contributed by atoms with Crippen molar-refractivity contribution in [1.29, 1.82) is 0 Å². The molecular weight excluding hydrogens is 400 g/mol. The first kappa shape index (κ1) is 20.9. The largest absolute Gasteiger partial charge is 0.463 e. The molecule has 32 heavy (non-hydrogen) atoms. The van der Waals surface area contributed by atoms with Gasteiger partial charge in [0.05, 0.1) is 12.2 Å². The van der Waals surface area contributed by atoms with E-state index in [2.05, 4.69) is 12.2 Å². The average Bonchev–Trinajstić information content (AvgIpc) is 3.12. The zero-order valence-corrected chi connectivity index (χ0v) is 19.3. The van der Waals surface area contributed by atoms with E-state index in [0.29, 0.717) is 18.3 Å². The molecule has 0 radical (unpaired) electrons. The number of allylic oxidation sites excluding steroid dienone is 5. The summed E-state index contributed by atoms with van der Waals surface area (Å²) < 4.78 is 5.14. The Bertz CT molecular complexity index is 858. The van der Waals surface area contributed by atoms with Gasteiger partial charge in [-0.05, 0) is 105 Å². The van der Waals surface area contributed by atoms with Crippen LogP contribution >= 0.6 is 0 Å². The first-order valence-corrected chi connectivity index (χ1v) is 12.9. The van der Waals surface area contributed by atoms with E-state index in [9.17, 15) is 14.7 Å². The third kappa shape index (κ3) is 2.65. The van der Waals surface area contributed by atoms with Gasteiger partial charge in [-0.2, -0.15) is 0 Å². The van der Waals surface area contributed by atoms with Crippen molar-refractivity contribution in [1.82, 2.24) is 0 Å². The molecule has 0 spiro atoms. The van der Waals surface area contributed by atoms with Crippen LogP contribution in [0.3, 0.4) is 0 Å². The zero-order valence-electron chi connectivity index (χ0n) is 19.3. The molecule has 0 saturated heterocycles. The molecule has 172 valence electrons. The summed E-state index contributed by atoms with van der Waals surface area (Å²) in [5.74, 6) is 7.70. The first-order chi connectivity index (χ1) is 15.4. The molecule has 4 nitrogen and oxygen atoms in total. The van der Waals surface area contributed by atoms with E-state index in [4.69, 9.17) is 4.74 Å². The van der Waals surface area contributed by atoms with Gasteiger partial charge in [0.25, 0.3) is 0 Å². The normalized spacial score (nSPS) is 45.2. The van der Waals surface area contributed by atoms with Crippen molar-refractivity contribution < 1.29 is 19.4 Å². The topological polar surface area (TPSA) is 63.6 Å². The van der Waals surface area contributed by atoms with Crippen molar-refractivity contribution >= 4 is 11.8 Å². The van der Waals surface area contributed by atoms with Gasteiger partial charge < -0.3 is 9.84 Å². The molecule has 0 bridgehead atoms. The van der Waals surface area contributed by atoms with E-state index >= 15 is 0 Å². The highest BCUT2D eigenvalue weighted by Gasteiger charge is 3.03. The second kappa shape index (κ2) is 7.41. The molecule has 2 unspecified atom stereocenters. The Morgan fingerprint density at radius 1 is 1.16 bits per heavy atom. The molecule has 0 aromatic carbocycles. The van der Waals surface area contributed by atoms with Crippen LogP contribution in [0, 0.1) is 52.8 Å². The summed E-state index contributed by atoms with van der Waals surface area (Å²) in [6.45, 7) is 3.72. The molecule has 2 atom stereocenters. The van der Waals surface area contributed by atoms with Crippen LogP contribution in [0.15, 0.2) is 36.0 Å². The third-order valence-corrected chi connectivity index (χ3v) is 10.0. The number of carbonyl (C=O) groups is 2. The number of carbonyl (C=O) groups excluding carboxylic acids is 2. The predicted molar refractivity (Wildman–Crippen MR) is 121 cm³/mol. The third-order valence-electron chi connectivity index (χ3n) is 10.0. The molecule has 7 aliphatic carbocycles. The number of unbranched alkanes of at least 4 members (excludes halogenated alkanes) is 1. The molecule has 0 aromatic rings. The minimum atomic E-state index is -0.321. The average molecular weight is 437 g/mol. The minimum absolute atomic E-state index is 0.0569. The van der Waals surface area contributed by atoms with E-state index < -0.39 is 0 Å². The van der Waals surface area contributed by atoms with Gasteiger partial charge in [-0.1, -0.05) is 24.3 Å². The lowest BCUT2D eigenvalue weighted by Crippen LogP contribution is -3.05. The molecule has 7 aliphatic rings. The van der Waals surface area contributed by atoms with E-state index in [0.717, 1.165) is 72.7 Å². The fourth-order valence-corrected chi connectivity index (χ4v) is 9.06. The van der Waals surface area contributed by atoms with Crippen LogP contribution in [0.5, 0.6) is 0 Å². The van der Waals surface area contributed by atoms with E-state index in [1.165, 1.54) is 6.42 Å². The van der Waals surface area contributed by atoms with Crippen LogP contribution in [-0.4, -0.2) is 29.1 Å². The van der Waals surface area contributed by atoms with Crippen molar-refractivity contribution in [2.75, 3.05) is 0 Å². The fraction of sp³-hybridized carbons (Fsp3) is 0.714. The van der Waals surface area contributed by atoms with Crippen molar-refractivity contribution in [3.63, 3.8) is 0 Å². The van der Waals surface area contributed by atoms with Gasteiger partial charge in [0.2, 0.25) is 0 Å². The van der Waals surface area contributed by atoms with Crippen LogP contribution in [-0.2, 0) is 14.3 Å². The van der Waals surface area contributed by atoms with Gasteiger partial charge in [0, 0.05) is 17.9 Å². The molecule has 6 saturated carbocycles. The number of rotatable bonds is 12. The highest BCUT2D eigenvalue weighted by molar-refractivity contribution is 6.07. The highest BCUT2D eigenvalue weighted by Crippen LogP contribution is 3.06. The number of hydrogen-bond donors (Lipinski definition) is 1. The lowest BCUT2D eigenvalue weighted by molar-refractivity contribution is -0.616. The molecule has 4 heteroatoms. The van der Waals surface area contributed by atoms with Crippen LogP contribution in [0.1, 0.15) is 58.8 Å². The van der Waals surface area contributed by atoms with Gasteiger partial charge >= 0.3 is 5.97 Å². The standard InChI is InChI=1S/C28H36O4/c1-15(2)32-20(31)8-6-4-3-5-7-16-9-12-19(30)18(16)11-10-17(29)13-14-28-25-22-21-23(25)27(28)24(21)26(22)28/h3,5,9,11-12,15-17,21-27,29H,4,6-8,10,13-14H2,1-2H3. The van der Waals surface area contributed by atoms with Crippen LogP contribution in [0.4, 0.5) is 0 Å². The Labute approximate surface area is 191 Å². The number of esters is 1. The SMILES string of the molecule is CC(C)OC(=O)CCCC=CCC1C=CC(=O)C1=CCC(O)CCC12C3C4C5C3C1C5C42. The first-order valence-electron chi connectivity index (χ1n) is 12.9. The van der Waals surface area contributed by atoms with Gasteiger partial charge in [-0.3, -0.25) is 9.59 Å². The zero-order chi connectivity index (χ0) is 22.2. The Balaban J connectivity index is 0.917. The van der Waals surface area contributed by atoms with Crippen molar-refractivity contribution in [3.8, 4) is 0 Å². The molecule has 0 aliphatic heterocycles. The van der Waals surface area contributed by atoms with Crippen molar-refractivity contribution in [3.05, 3.63) is 36.0 Å². The number of aliphatic hydroxyl groups is 1. The molecular formula is C28H36O4. The Morgan fingerprint density at radius 2 is 1.88 bits per heavy atom. The van der Waals surface area contributed by atoms with E-state index in [1.54, 1.807) is 6.08 Å². The minimum Gasteiger partial charge on any atom is -0.463 e. The maximum atomic E-state index is 12.3. The van der Waals surface area contributed by atoms with Gasteiger partial charge in [-0.15, -0.1) is 0 Å².